The summed E-state index contributed by atoms with van der Waals surface area (Å²) >= 11 is 5.07. The van der Waals surface area contributed by atoms with Crippen molar-refractivity contribution in [2.75, 3.05) is 0 Å². The highest BCUT2D eigenvalue weighted by atomic mass is 32.1. The van der Waals surface area contributed by atoms with Gasteiger partial charge in [0, 0.05) is 17.1 Å². The maximum absolute atomic E-state index is 13.4. The minimum atomic E-state index is -0.408. The molecule has 3 aromatic rings. The number of hydrogen-bond donors (Lipinski definition) is 2. The molecule has 122 valence electrons. The summed E-state index contributed by atoms with van der Waals surface area (Å²) in [7, 11) is 0. The zero-order chi connectivity index (χ0) is 17.3. The van der Waals surface area contributed by atoms with Crippen LogP contribution in [0.25, 0.3) is 11.0 Å². The lowest BCUT2D eigenvalue weighted by atomic mass is 10.1. The number of aryl methyl sites for hydroxylation is 1. The number of halogens is 1. The molecule has 0 bridgehead atoms. The van der Waals surface area contributed by atoms with E-state index in [1.165, 1.54) is 12.1 Å². The summed E-state index contributed by atoms with van der Waals surface area (Å²) in [6.07, 6.45) is 1.57. The van der Waals surface area contributed by atoms with Crippen molar-refractivity contribution in [3.8, 4) is 0 Å². The first-order chi connectivity index (χ1) is 11.5. The van der Waals surface area contributed by atoms with Crippen LogP contribution in [-0.2, 0) is 6.61 Å². The summed E-state index contributed by atoms with van der Waals surface area (Å²) in [6, 6.07) is 7.50. The number of nitrogens with zero attached hydrogens (tertiary/aromatic N) is 2. The molecule has 0 aliphatic rings. The molecule has 0 atom stereocenters. The fraction of sp³-hybridized carbons (Fsp3) is 0.118. The normalized spacial score (nSPS) is 11.9. The van der Waals surface area contributed by atoms with Gasteiger partial charge in [0.2, 0.25) is 5.55 Å². The Kier molecular flexibility index (Phi) is 4.37. The van der Waals surface area contributed by atoms with E-state index in [2.05, 4.69) is 9.98 Å². The fourth-order valence-electron chi connectivity index (χ4n) is 2.34. The Morgan fingerprint density at radius 1 is 1.42 bits per heavy atom. The van der Waals surface area contributed by atoms with Gasteiger partial charge in [-0.05, 0) is 31.2 Å². The van der Waals surface area contributed by atoms with Crippen molar-refractivity contribution < 1.29 is 13.9 Å². The first kappa shape index (κ1) is 16.2. The molecule has 0 saturated heterocycles. The zero-order valence-corrected chi connectivity index (χ0v) is 13.6. The van der Waals surface area contributed by atoms with Crippen LogP contribution in [0.2, 0.25) is 0 Å². The molecule has 0 fully saturated rings. The van der Waals surface area contributed by atoms with Crippen molar-refractivity contribution >= 4 is 33.9 Å². The minimum Gasteiger partial charge on any atom is -0.436 e. The van der Waals surface area contributed by atoms with Crippen LogP contribution in [0, 0.1) is 12.7 Å². The van der Waals surface area contributed by atoms with E-state index in [4.69, 9.17) is 22.4 Å². The number of thiocarbonyl (C=S) groups is 1. The maximum atomic E-state index is 13.4. The molecule has 5 nitrogen and oxygen atoms in total. The molecule has 7 heteroatoms. The molecule has 0 aliphatic carbocycles. The van der Waals surface area contributed by atoms with E-state index in [0.29, 0.717) is 33.5 Å². The fourth-order valence-corrected chi connectivity index (χ4v) is 2.48. The van der Waals surface area contributed by atoms with Crippen molar-refractivity contribution in [2.24, 2.45) is 10.7 Å². The van der Waals surface area contributed by atoms with E-state index in [0.717, 1.165) is 0 Å². The van der Waals surface area contributed by atoms with Crippen LogP contribution in [-0.4, -0.2) is 15.1 Å². The van der Waals surface area contributed by atoms with Gasteiger partial charge in [-0.15, -0.1) is 0 Å². The predicted molar refractivity (Wildman–Crippen MR) is 92.2 cm³/mol. The van der Waals surface area contributed by atoms with Gasteiger partial charge in [-0.1, -0.05) is 18.3 Å². The average molecular weight is 343 g/mol. The third-order valence-electron chi connectivity index (χ3n) is 3.53. The molecule has 0 unspecified atom stereocenters. The van der Waals surface area contributed by atoms with Crippen molar-refractivity contribution in [3.05, 3.63) is 64.7 Å². The highest BCUT2D eigenvalue weighted by Crippen LogP contribution is 2.21. The number of aromatic nitrogens is 1. The molecule has 0 spiro atoms. The summed E-state index contributed by atoms with van der Waals surface area (Å²) in [5.41, 5.74) is 8.42. The number of benzene rings is 1. The highest BCUT2D eigenvalue weighted by molar-refractivity contribution is 7.80. The maximum Gasteiger partial charge on any atom is 0.230 e. The molecule has 0 aliphatic heterocycles. The first-order valence-corrected chi connectivity index (χ1v) is 7.53. The highest BCUT2D eigenvalue weighted by Gasteiger charge is 2.12. The molecule has 0 amide bonds. The van der Waals surface area contributed by atoms with Crippen LogP contribution in [0.3, 0.4) is 0 Å². The number of fused-ring (bicyclic) bond motifs is 1. The first-order valence-electron chi connectivity index (χ1n) is 7.13. The lowest BCUT2D eigenvalue weighted by Gasteiger charge is -2.08. The summed E-state index contributed by atoms with van der Waals surface area (Å²) in [5.74, 6) is -0.408. The lowest BCUT2D eigenvalue weighted by molar-refractivity contribution is 0.282. The predicted octanol–water partition coefficient (Wildman–Crippen LogP) is 2.63. The SMILES string of the molecule is Cc1ncc(CO)c2cc(C(N)=S)c(=Nc3cccc(F)c3)oc12. The molecule has 0 saturated carbocycles. The van der Waals surface area contributed by atoms with E-state index in [-0.39, 0.29) is 17.1 Å². The molecular formula is C17H14FN3O2S. The van der Waals surface area contributed by atoms with Crippen LogP contribution < -0.4 is 11.3 Å². The van der Waals surface area contributed by atoms with Crippen molar-refractivity contribution in [3.63, 3.8) is 0 Å². The monoisotopic (exact) mass is 343 g/mol. The lowest BCUT2D eigenvalue weighted by Crippen LogP contribution is -2.21. The van der Waals surface area contributed by atoms with Gasteiger partial charge < -0.3 is 15.3 Å². The Bertz CT molecular complexity index is 1010. The quantitative estimate of drug-likeness (QED) is 0.714. The Balaban J connectivity index is 2.37. The molecule has 2 heterocycles. The molecular weight excluding hydrogens is 329 g/mol. The Morgan fingerprint density at radius 2 is 2.21 bits per heavy atom. The van der Waals surface area contributed by atoms with Crippen LogP contribution in [0.4, 0.5) is 10.1 Å². The minimum absolute atomic E-state index is 0.0918. The van der Waals surface area contributed by atoms with Crippen molar-refractivity contribution in [1.82, 2.24) is 4.98 Å². The number of hydrogen-bond acceptors (Lipinski definition) is 5. The molecule has 24 heavy (non-hydrogen) atoms. The van der Waals surface area contributed by atoms with Gasteiger partial charge in [-0.2, -0.15) is 0 Å². The number of nitrogens with two attached hydrogens (primary N) is 1. The number of rotatable bonds is 3. The third kappa shape index (κ3) is 3.04. The molecule has 1 aromatic carbocycles. The van der Waals surface area contributed by atoms with Crippen LogP contribution in [0.1, 0.15) is 16.8 Å². The molecule has 3 rings (SSSR count). The average Bonchev–Trinajstić information content (AvgIpc) is 2.55. The van der Waals surface area contributed by atoms with E-state index in [1.807, 2.05) is 0 Å². The number of aliphatic hydroxyl groups excluding tert-OH is 1. The molecule has 0 radical (unpaired) electrons. The summed E-state index contributed by atoms with van der Waals surface area (Å²) in [6.45, 7) is 1.58. The van der Waals surface area contributed by atoms with Gasteiger partial charge >= 0.3 is 0 Å². The van der Waals surface area contributed by atoms with Crippen LogP contribution in [0.5, 0.6) is 0 Å². The largest absolute Gasteiger partial charge is 0.436 e. The summed E-state index contributed by atoms with van der Waals surface area (Å²) in [5, 5.41) is 10.1. The van der Waals surface area contributed by atoms with Gasteiger partial charge in [0.15, 0.2) is 5.58 Å². The number of aliphatic hydroxyl groups is 1. The standard InChI is InChI=1S/C17H14FN3O2S/c1-9-15-13(10(8-22)7-20-9)6-14(16(19)24)17(23-15)21-12-4-2-3-11(18)5-12/h2-7,22H,8H2,1H3,(H2,19,24). The smallest absolute Gasteiger partial charge is 0.230 e. The summed E-state index contributed by atoms with van der Waals surface area (Å²) in [4.78, 5) is 8.59. The Morgan fingerprint density at radius 3 is 2.88 bits per heavy atom. The van der Waals surface area contributed by atoms with Gasteiger partial charge in [0.25, 0.3) is 0 Å². The Labute approximate surface area is 142 Å². The topological polar surface area (TPSA) is 84.6 Å². The van der Waals surface area contributed by atoms with Crippen molar-refractivity contribution in [1.29, 1.82) is 0 Å². The summed E-state index contributed by atoms with van der Waals surface area (Å²) < 4.78 is 19.2. The van der Waals surface area contributed by atoms with Gasteiger partial charge in [-0.3, -0.25) is 4.98 Å². The second-order valence-electron chi connectivity index (χ2n) is 5.19. The van der Waals surface area contributed by atoms with Gasteiger partial charge in [-0.25, -0.2) is 9.38 Å². The zero-order valence-electron chi connectivity index (χ0n) is 12.8. The van der Waals surface area contributed by atoms with E-state index >= 15 is 0 Å². The second kappa shape index (κ2) is 6.46. The molecule has 2 aromatic heterocycles. The van der Waals surface area contributed by atoms with Gasteiger partial charge in [0.1, 0.15) is 10.8 Å². The van der Waals surface area contributed by atoms with E-state index in [1.54, 1.807) is 31.3 Å². The number of pyridine rings is 1. The Hall–Kier alpha value is -2.64. The second-order valence-corrected chi connectivity index (χ2v) is 5.63. The third-order valence-corrected chi connectivity index (χ3v) is 3.75. The van der Waals surface area contributed by atoms with E-state index < -0.39 is 5.82 Å². The molecule has 3 N–H and O–H groups in total. The van der Waals surface area contributed by atoms with Crippen LogP contribution >= 0.6 is 12.2 Å². The van der Waals surface area contributed by atoms with Crippen molar-refractivity contribution in [2.45, 2.75) is 13.5 Å². The van der Waals surface area contributed by atoms with Crippen LogP contribution in [0.15, 0.2) is 45.9 Å². The van der Waals surface area contributed by atoms with E-state index in [9.17, 15) is 9.50 Å². The van der Waals surface area contributed by atoms with Gasteiger partial charge in [0.05, 0.1) is 23.6 Å².